The number of aryl methyl sites for hydroxylation is 1. The number of hydrogen-bond donors (Lipinski definition) is 1. The summed E-state index contributed by atoms with van der Waals surface area (Å²) in [6, 6.07) is 3.89. The van der Waals surface area contributed by atoms with Gasteiger partial charge < -0.3 is 14.5 Å². The molecule has 1 saturated carbocycles. The molecule has 7 heteroatoms. The molecule has 2 fully saturated rings. The molecule has 1 aliphatic carbocycles. The van der Waals surface area contributed by atoms with Crippen molar-refractivity contribution < 1.29 is 13.9 Å². The zero-order valence-corrected chi connectivity index (χ0v) is 15.7. The third-order valence-corrected chi connectivity index (χ3v) is 5.54. The molecule has 1 spiro atoms. The summed E-state index contributed by atoms with van der Waals surface area (Å²) in [4.78, 5) is 23.4. The summed E-state index contributed by atoms with van der Waals surface area (Å²) in [7, 11) is 0. The zero-order valence-electron chi connectivity index (χ0n) is 15.7. The van der Waals surface area contributed by atoms with E-state index in [1.165, 1.54) is 6.20 Å². The van der Waals surface area contributed by atoms with Gasteiger partial charge >= 0.3 is 0 Å². The number of ether oxygens (including phenoxy) is 1. The molecule has 1 saturated heterocycles. The Balaban J connectivity index is 1.47. The van der Waals surface area contributed by atoms with Crippen LogP contribution < -0.4 is 5.32 Å². The predicted octanol–water partition coefficient (Wildman–Crippen LogP) is 2.32. The molecule has 0 radical (unpaired) electrons. The maximum Gasteiger partial charge on any atom is 0.271 e. The van der Waals surface area contributed by atoms with Crippen molar-refractivity contribution in [3.05, 3.63) is 47.9 Å². The summed E-state index contributed by atoms with van der Waals surface area (Å²) >= 11 is 0. The van der Waals surface area contributed by atoms with Gasteiger partial charge in [0.1, 0.15) is 17.1 Å². The largest absolute Gasteiger partial charge is 0.468 e. The third kappa shape index (κ3) is 4.04. The SMILES string of the molecule is Cc1cnc(C(=O)NC2CCCCC23CN(Cc2ccco2)CCO3)cn1. The first-order valence-corrected chi connectivity index (χ1v) is 9.63. The van der Waals surface area contributed by atoms with Gasteiger partial charge in [-0.2, -0.15) is 0 Å². The molecule has 1 N–H and O–H groups in total. The number of hydrogen-bond acceptors (Lipinski definition) is 6. The summed E-state index contributed by atoms with van der Waals surface area (Å²) in [5.41, 5.74) is 0.797. The quantitative estimate of drug-likeness (QED) is 0.890. The molecular formula is C20H26N4O3. The van der Waals surface area contributed by atoms with Gasteiger partial charge in [0.15, 0.2) is 0 Å². The summed E-state index contributed by atoms with van der Waals surface area (Å²) in [6.07, 6.45) is 8.93. The maximum absolute atomic E-state index is 12.7. The Morgan fingerprint density at radius 3 is 3.07 bits per heavy atom. The molecule has 1 amide bonds. The van der Waals surface area contributed by atoms with Crippen molar-refractivity contribution in [1.82, 2.24) is 20.2 Å². The lowest BCUT2D eigenvalue weighted by Crippen LogP contribution is -2.64. The average molecular weight is 370 g/mol. The van der Waals surface area contributed by atoms with E-state index in [-0.39, 0.29) is 17.6 Å². The summed E-state index contributed by atoms with van der Waals surface area (Å²) in [5.74, 6) is 0.777. The molecule has 4 rings (SSSR count). The summed E-state index contributed by atoms with van der Waals surface area (Å²) in [5, 5.41) is 3.18. The molecule has 1 aliphatic heterocycles. The monoisotopic (exact) mass is 370 g/mol. The summed E-state index contributed by atoms with van der Waals surface area (Å²) in [6.45, 7) is 4.94. The number of nitrogens with one attached hydrogen (secondary N) is 1. The Hall–Kier alpha value is -2.25. The average Bonchev–Trinajstić information content (AvgIpc) is 3.17. The number of furan rings is 1. The van der Waals surface area contributed by atoms with Crippen LogP contribution in [0.15, 0.2) is 35.2 Å². The van der Waals surface area contributed by atoms with Crippen LogP contribution in [0.1, 0.15) is 47.6 Å². The molecule has 3 heterocycles. The van der Waals surface area contributed by atoms with Crippen LogP contribution in [0.5, 0.6) is 0 Å². The molecular weight excluding hydrogens is 344 g/mol. The molecule has 2 unspecified atom stereocenters. The smallest absolute Gasteiger partial charge is 0.271 e. The topological polar surface area (TPSA) is 80.5 Å². The van der Waals surface area contributed by atoms with Crippen molar-refractivity contribution in [3.63, 3.8) is 0 Å². The van der Waals surface area contributed by atoms with E-state index < -0.39 is 0 Å². The number of morpholine rings is 1. The molecule has 2 atom stereocenters. The van der Waals surface area contributed by atoms with Gasteiger partial charge in [0.25, 0.3) is 5.91 Å². The molecule has 0 bridgehead atoms. The van der Waals surface area contributed by atoms with Gasteiger partial charge in [-0.3, -0.25) is 14.7 Å². The first-order valence-electron chi connectivity index (χ1n) is 9.63. The third-order valence-electron chi connectivity index (χ3n) is 5.54. The van der Waals surface area contributed by atoms with E-state index in [1.54, 1.807) is 12.5 Å². The van der Waals surface area contributed by atoms with Gasteiger partial charge in [0.05, 0.1) is 37.3 Å². The highest BCUT2D eigenvalue weighted by atomic mass is 16.5. The van der Waals surface area contributed by atoms with Crippen molar-refractivity contribution >= 4 is 5.91 Å². The Labute approximate surface area is 159 Å². The van der Waals surface area contributed by atoms with Crippen LogP contribution in [0, 0.1) is 6.92 Å². The second-order valence-corrected chi connectivity index (χ2v) is 7.52. The van der Waals surface area contributed by atoms with E-state index in [9.17, 15) is 4.79 Å². The first kappa shape index (κ1) is 18.1. The molecule has 27 heavy (non-hydrogen) atoms. The van der Waals surface area contributed by atoms with Gasteiger partial charge in [-0.05, 0) is 31.9 Å². The van der Waals surface area contributed by atoms with Crippen LogP contribution in [-0.4, -0.2) is 52.1 Å². The molecule has 2 aliphatic rings. The van der Waals surface area contributed by atoms with E-state index in [4.69, 9.17) is 9.15 Å². The minimum Gasteiger partial charge on any atom is -0.468 e. The Bertz CT molecular complexity index is 758. The van der Waals surface area contributed by atoms with Crippen LogP contribution in [0.25, 0.3) is 0 Å². The van der Waals surface area contributed by atoms with E-state index in [1.807, 2.05) is 19.1 Å². The number of rotatable bonds is 4. The Morgan fingerprint density at radius 1 is 1.37 bits per heavy atom. The molecule has 7 nitrogen and oxygen atoms in total. The fourth-order valence-corrected chi connectivity index (χ4v) is 4.16. The van der Waals surface area contributed by atoms with E-state index >= 15 is 0 Å². The number of nitrogens with zero attached hydrogens (tertiary/aromatic N) is 3. The van der Waals surface area contributed by atoms with Crippen molar-refractivity contribution in [2.45, 2.75) is 50.8 Å². The number of carbonyl (C=O) groups is 1. The number of aromatic nitrogens is 2. The van der Waals surface area contributed by atoms with Crippen LogP contribution >= 0.6 is 0 Å². The first-order chi connectivity index (χ1) is 13.1. The van der Waals surface area contributed by atoms with Gasteiger partial charge in [0.2, 0.25) is 0 Å². The Kier molecular flexibility index (Phi) is 5.22. The van der Waals surface area contributed by atoms with Gasteiger partial charge in [-0.25, -0.2) is 4.98 Å². The second kappa shape index (κ2) is 7.78. The van der Waals surface area contributed by atoms with Crippen LogP contribution in [-0.2, 0) is 11.3 Å². The highest BCUT2D eigenvalue weighted by Gasteiger charge is 2.46. The standard InChI is InChI=1S/C20H26N4O3/c1-15-11-22-17(12-21-15)19(25)23-18-6-2-3-7-20(18)14-24(8-10-27-20)13-16-5-4-9-26-16/h4-5,9,11-12,18H,2-3,6-8,10,13-14H2,1H3,(H,23,25). The van der Waals surface area contributed by atoms with Crippen molar-refractivity contribution in [2.24, 2.45) is 0 Å². The Morgan fingerprint density at radius 2 is 2.30 bits per heavy atom. The van der Waals surface area contributed by atoms with E-state index in [0.717, 1.165) is 56.8 Å². The molecule has 0 aromatic carbocycles. The van der Waals surface area contributed by atoms with Crippen molar-refractivity contribution in [2.75, 3.05) is 19.7 Å². The molecule has 2 aromatic rings. The minimum atomic E-state index is -0.350. The van der Waals surface area contributed by atoms with Crippen molar-refractivity contribution in [1.29, 1.82) is 0 Å². The lowest BCUT2D eigenvalue weighted by molar-refractivity contribution is -0.143. The highest BCUT2D eigenvalue weighted by molar-refractivity contribution is 5.92. The van der Waals surface area contributed by atoms with E-state index in [2.05, 4.69) is 20.2 Å². The minimum absolute atomic E-state index is 0.0266. The number of amides is 1. The lowest BCUT2D eigenvalue weighted by atomic mass is 9.78. The van der Waals surface area contributed by atoms with Gasteiger partial charge in [-0.15, -0.1) is 0 Å². The lowest BCUT2D eigenvalue weighted by Gasteiger charge is -2.49. The van der Waals surface area contributed by atoms with Gasteiger partial charge in [0, 0.05) is 19.3 Å². The van der Waals surface area contributed by atoms with Crippen molar-refractivity contribution in [3.8, 4) is 0 Å². The molecule has 2 aromatic heterocycles. The fraction of sp³-hybridized carbons (Fsp3) is 0.550. The zero-order chi connectivity index (χ0) is 18.7. The molecule has 144 valence electrons. The predicted molar refractivity (Wildman–Crippen MR) is 99.2 cm³/mol. The highest BCUT2D eigenvalue weighted by Crippen LogP contribution is 2.35. The number of carbonyl (C=O) groups excluding carboxylic acids is 1. The van der Waals surface area contributed by atoms with Crippen LogP contribution in [0.2, 0.25) is 0 Å². The van der Waals surface area contributed by atoms with E-state index in [0.29, 0.717) is 12.3 Å². The van der Waals surface area contributed by atoms with Gasteiger partial charge in [-0.1, -0.05) is 12.8 Å². The second-order valence-electron chi connectivity index (χ2n) is 7.52. The fourth-order valence-electron chi connectivity index (χ4n) is 4.16. The summed E-state index contributed by atoms with van der Waals surface area (Å²) < 4.78 is 11.8. The maximum atomic E-state index is 12.7. The van der Waals surface area contributed by atoms with Crippen LogP contribution in [0.4, 0.5) is 0 Å². The normalized spacial score (nSPS) is 26.2. The van der Waals surface area contributed by atoms with Crippen LogP contribution in [0.3, 0.4) is 0 Å².